The van der Waals surface area contributed by atoms with Gasteiger partial charge in [-0.3, -0.25) is 0 Å². The summed E-state index contributed by atoms with van der Waals surface area (Å²) in [6.07, 6.45) is 1.01. The van der Waals surface area contributed by atoms with Crippen LogP contribution in [0.1, 0.15) is 6.92 Å². The zero-order valence-corrected chi connectivity index (χ0v) is 9.21. The van der Waals surface area contributed by atoms with Crippen molar-refractivity contribution in [2.24, 2.45) is 5.92 Å². The van der Waals surface area contributed by atoms with E-state index in [1.165, 1.54) is 11.8 Å². The van der Waals surface area contributed by atoms with Gasteiger partial charge in [0.1, 0.15) is 10.8 Å². The lowest BCUT2D eigenvalue weighted by atomic mass is 10.3. The van der Waals surface area contributed by atoms with Gasteiger partial charge in [0.2, 0.25) is 0 Å². The van der Waals surface area contributed by atoms with Crippen molar-refractivity contribution in [1.29, 1.82) is 0 Å². The molecule has 0 aliphatic heterocycles. The van der Waals surface area contributed by atoms with Crippen LogP contribution < -0.4 is 0 Å². The lowest BCUT2D eigenvalue weighted by Crippen LogP contribution is -2.00. The number of rotatable bonds is 4. The molecule has 1 heterocycles. The van der Waals surface area contributed by atoms with Gasteiger partial charge in [-0.1, -0.05) is 6.92 Å². The number of halogens is 3. The highest BCUT2D eigenvalue weighted by molar-refractivity contribution is 7.99. The number of hydrogen-bond acceptors (Lipinski definition) is 2. The molecule has 1 atom stereocenters. The molecular weight excluding hydrogens is 228 g/mol. The van der Waals surface area contributed by atoms with Crippen LogP contribution in [0.2, 0.25) is 0 Å². The second kappa shape index (κ2) is 5.51. The Kier molecular flexibility index (Phi) is 4.62. The zero-order valence-electron chi connectivity index (χ0n) is 7.64. The van der Waals surface area contributed by atoms with Crippen molar-refractivity contribution in [2.75, 3.05) is 11.6 Å². The van der Waals surface area contributed by atoms with E-state index >= 15 is 0 Å². The quantitative estimate of drug-likeness (QED) is 0.589. The fourth-order valence-electron chi connectivity index (χ4n) is 0.774. The normalized spacial score (nSPS) is 12.9. The van der Waals surface area contributed by atoms with Crippen molar-refractivity contribution >= 4 is 23.4 Å². The molecule has 0 radical (unpaired) electrons. The van der Waals surface area contributed by atoms with Crippen LogP contribution in [0.4, 0.5) is 8.78 Å². The van der Waals surface area contributed by atoms with Gasteiger partial charge < -0.3 is 0 Å². The van der Waals surface area contributed by atoms with Gasteiger partial charge in [-0.25, -0.2) is 13.8 Å². The van der Waals surface area contributed by atoms with E-state index in [1.54, 1.807) is 0 Å². The Morgan fingerprint density at radius 2 is 2.29 bits per heavy atom. The van der Waals surface area contributed by atoms with Crippen molar-refractivity contribution in [2.45, 2.75) is 11.9 Å². The SMILES string of the molecule is CC(CCl)CSc1ncc(F)cc1F. The minimum absolute atomic E-state index is 0.225. The standard InChI is InChI=1S/C9H10ClF2NS/c1-6(3-10)5-14-9-8(12)2-7(11)4-13-9/h2,4,6H,3,5H2,1H3. The molecule has 14 heavy (non-hydrogen) atoms. The second-order valence-corrected chi connectivity index (χ2v) is 4.33. The number of alkyl halides is 1. The molecular formula is C9H10ClF2NS. The van der Waals surface area contributed by atoms with Gasteiger partial charge in [-0.2, -0.15) is 0 Å². The van der Waals surface area contributed by atoms with Crippen molar-refractivity contribution in [3.05, 3.63) is 23.9 Å². The minimum Gasteiger partial charge on any atom is -0.244 e. The molecule has 0 aromatic carbocycles. The first kappa shape index (κ1) is 11.7. The molecule has 78 valence electrons. The van der Waals surface area contributed by atoms with Gasteiger partial charge in [0.05, 0.1) is 6.20 Å². The molecule has 1 aromatic rings. The fraction of sp³-hybridized carbons (Fsp3) is 0.444. The molecule has 0 saturated carbocycles. The van der Waals surface area contributed by atoms with E-state index in [4.69, 9.17) is 11.6 Å². The summed E-state index contributed by atoms with van der Waals surface area (Å²) >= 11 is 6.85. The van der Waals surface area contributed by atoms with E-state index in [9.17, 15) is 8.78 Å². The van der Waals surface area contributed by atoms with Crippen molar-refractivity contribution in [3.63, 3.8) is 0 Å². The molecule has 5 heteroatoms. The highest BCUT2D eigenvalue weighted by atomic mass is 35.5. The first-order chi connectivity index (χ1) is 6.63. The Morgan fingerprint density at radius 1 is 1.57 bits per heavy atom. The van der Waals surface area contributed by atoms with Gasteiger partial charge in [-0.15, -0.1) is 23.4 Å². The molecule has 1 nitrogen and oxygen atoms in total. The summed E-state index contributed by atoms with van der Waals surface area (Å²) < 4.78 is 25.5. The van der Waals surface area contributed by atoms with Crippen LogP contribution in [-0.4, -0.2) is 16.6 Å². The number of thioether (sulfide) groups is 1. The molecule has 1 aromatic heterocycles. The van der Waals surface area contributed by atoms with Crippen LogP contribution in [0.15, 0.2) is 17.3 Å². The highest BCUT2D eigenvalue weighted by Gasteiger charge is 2.08. The first-order valence-corrected chi connectivity index (χ1v) is 5.65. The fourth-order valence-corrected chi connectivity index (χ4v) is 1.90. The van der Waals surface area contributed by atoms with E-state index in [2.05, 4.69) is 4.98 Å². The molecule has 0 spiro atoms. The Morgan fingerprint density at radius 3 is 2.86 bits per heavy atom. The smallest absolute Gasteiger partial charge is 0.158 e. The topological polar surface area (TPSA) is 12.9 Å². The molecule has 0 saturated heterocycles. The maximum atomic E-state index is 13.0. The Bertz CT molecular complexity index is 309. The summed E-state index contributed by atoms with van der Waals surface area (Å²) in [7, 11) is 0. The minimum atomic E-state index is -0.655. The number of pyridine rings is 1. The van der Waals surface area contributed by atoms with Crippen molar-refractivity contribution < 1.29 is 8.78 Å². The van der Waals surface area contributed by atoms with Gasteiger partial charge in [0, 0.05) is 17.7 Å². The highest BCUT2D eigenvalue weighted by Crippen LogP contribution is 2.22. The summed E-state index contributed by atoms with van der Waals surface area (Å²) in [5.41, 5.74) is 0. The third-order valence-corrected chi connectivity index (χ3v) is 3.38. The summed E-state index contributed by atoms with van der Waals surface area (Å²) in [5.74, 6) is 0.219. The van der Waals surface area contributed by atoms with Crippen molar-refractivity contribution in [3.8, 4) is 0 Å². The van der Waals surface area contributed by atoms with Crippen LogP contribution in [0.3, 0.4) is 0 Å². The van der Waals surface area contributed by atoms with Crippen LogP contribution in [-0.2, 0) is 0 Å². The Labute approximate surface area is 90.9 Å². The predicted octanol–water partition coefficient (Wildman–Crippen LogP) is 3.33. The Hall–Kier alpha value is -0.350. The number of hydrogen-bond donors (Lipinski definition) is 0. The van der Waals surface area contributed by atoms with Crippen LogP contribution in [0.25, 0.3) is 0 Å². The third kappa shape index (κ3) is 3.42. The maximum absolute atomic E-state index is 13.0. The van der Waals surface area contributed by atoms with Gasteiger partial charge in [-0.05, 0) is 5.92 Å². The molecule has 0 aliphatic carbocycles. The summed E-state index contributed by atoms with van der Waals surface area (Å²) in [4.78, 5) is 3.65. The maximum Gasteiger partial charge on any atom is 0.158 e. The monoisotopic (exact) mass is 237 g/mol. The zero-order chi connectivity index (χ0) is 10.6. The molecule has 1 rings (SSSR count). The first-order valence-electron chi connectivity index (χ1n) is 4.13. The molecule has 0 bridgehead atoms. The van der Waals surface area contributed by atoms with E-state index in [-0.39, 0.29) is 10.9 Å². The van der Waals surface area contributed by atoms with Gasteiger partial charge in [0.15, 0.2) is 5.82 Å². The number of aromatic nitrogens is 1. The lowest BCUT2D eigenvalue weighted by Gasteiger charge is -2.06. The third-order valence-electron chi connectivity index (χ3n) is 1.54. The largest absolute Gasteiger partial charge is 0.244 e. The van der Waals surface area contributed by atoms with Gasteiger partial charge >= 0.3 is 0 Å². The Balaban J connectivity index is 2.59. The molecule has 0 N–H and O–H groups in total. The average molecular weight is 238 g/mol. The van der Waals surface area contributed by atoms with E-state index < -0.39 is 11.6 Å². The van der Waals surface area contributed by atoms with Crippen LogP contribution in [0.5, 0.6) is 0 Å². The van der Waals surface area contributed by atoms with Crippen molar-refractivity contribution in [1.82, 2.24) is 4.98 Å². The number of nitrogens with zero attached hydrogens (tertiary/aromatic N) is 1. The van der Waals surface area contributed by atoms with E-state index in [0.717, 1.165) is 12.3 Å². The molecule has 0 aliphatic rings. The lowest BCUT2D eigenvalue weighted by molar-refractivity contribution is 0.548. The molecule has 0 fully saturated rings. The summed E-state index contributed by atoms with van der Waals surface area (Å²) in [5, 5.41) is 0.225. The second-order valence-electron chi connectivity index (χ2n) is 3.01. The summed E-state index contributed by atoms with van der Waals surface area (Å²) in [6, 6.07) is 0.834. The molecule has 1 unspecified atom stereocenters. The van der Waals surface area contributed by atoms with Crippen LogP contribution >= 0.6 is 23.4 Å². The average Bonchev–Trinajstić information content (AvgIpc) is 2.16. The van der Waals surface area contributed by atoms with E-state index in [1.807, 2.05) is 6.92 Å². The predicted molar refractivity (Wildman–Crippen MR) is 54.8 cm³/mol. The van der Waals surface area contributed by atoms with E-state index in [0.29, 0.717) is 11.6 Å². The molecule has 0 amide bonds. The van der Waals surface area contributed by atoms with Crippen LogP contribution in [0, 0.1) is 17.6 Å². The van der Waals surface area contributed by atoms with Gasteiger partial charge in [0.25, 0.3) is 0 Å². The summed E-state index contributed by atoms with van der Waals surface area (Å²) in [6.45, 7) is 1.96.